The number of carbonyl (C=O) groups excluding carboxylic acids is 2. The number of dihydropyridines is 1. The first-order chi connectivity index (χ1) is 17.7. The first-order valence-corrected chi connectivity index (χ1v) is 13.3. The first-order valence-electron chi connectivity index (χ1n) is 11.8. The van der Waals surface area contributed by atoms with Crippen LogP contribution < -0.4 is 16.0 Å². The normalized spacial score (nSPS) is 27.5. The number of anilines is 1. The average molecular weight is 554 g/mol. The van der Waals surface area contributed by atoms with E-state index in [9.17, 15) is 22.4 Å². The second-order valence-electron chi connectivity index (χ2n) is 10.1. The number of hydrogen-bond donors (Lipinski definition) is 3. The number of rotatable bonds is 3. The Kier molecular flexibility index (Phi) is 7.23. The second-order valence-corrected chi connectivity index (χ2v) is 12.2. The zero-order valence-electron chi connectivity index (χ0n) is 21.2. The Labute approximate surface area is 219 Å². The lowest BCUT2D eigenvalue weighted by molar-refractivity contribution is -0.116. The number of carbonyl (C=O) groups is 2. The number of aliphatic imine (C=N–C) groups is 1. The van der Waals surface area contributed by atoms with E-state index in [1.165, 1.54) is 25.3 Å². The summed E-state index contributed by atoms with van der Waals surface area (Å²) < 4.78 is 67.2. The molecule has 0 aliphatic carbocycles. The van der Waals surface area contributed by atoms with Crippen molar-refractivity contribution >= 4 is 33.7 Å². The first kappa shape index (κ1) is 27.5. The van der Waals surface area contributed by atoms with Crippen LogP contribution in [0.4, 0.5) is 19.3 Å². The molecule has 3 heterocycles. The Balaban J connectivity index is 1.73. The number of nitrogens with zero attached hydrogens (tertiary/aromatic N) is 2. The fraction of sp³-hybridized carbons (Fsp3) is 0.458. The lowest BCUT2D eigenvalue weighted by Gasteiger charge is -2.50. The van der Waals surface area contributed by atoms with E-state index in [-0.39, 0.29) is 36.8 Å². The zero-order valence-corrected chi connectivity index (χ0v) is 22.1. The van der Waals surface area contributed by atoms with Crippen molar-refractivity contribution in [3.8, 4) is 0 Å². The van der Waals surface area contributed by atoms with Crippen LogP contribution in [-0.4, -0.2) is 67.8 Å². The summed E-state index contributed by atoms with van der Waals surface area (Å²) in [5.41, 5.74) is -2.34. The summed E-state index contributed by atoms with van der Waals surface area (Å²) in [5, 5.41) is 6.94. The molecule has 3 aliphatic rings. The molecule has 1 aromatic rings. The van der Waals surface area contributed by atoms with Gasteiger partial charge in [-0.1, -0.05) is 0 Å². The van der Waals surface area contributed by atoms with Crippen LogP contribution in [0.1, 0.15) is 32.8 Å². The molecule has 0 radical (unpaired) electrons. The van der Waals surface area contributed by atoms with E-state index < -0.39 is 56.1 Å². The number of guanidine groups is 1. The van der Waals surface area contributed by atoms with Gasteiger partial charge < -0.3 is 25.4 Å². The number of nitrogens with one attached hydrogen (secondary N) is 3. The van der Waals surface area contributed by atoms with Crippen molar-refractivity contribution in [1.82, 2.24) is 14.9 Å². The van der Waals surface area contributed by atoms with Gasteiger partial charge in [0.15, 0.2) is 0 Å². The molecular weight excluding hydrogens is 524 g/mol. The molecule has 1 aromatic carbocycles. The number of allylic oxidation sites excluding steroid dienone is 2. The minimum Gasteiger partial charge on any atom is -0.442 e. The van der Waals surface area contributed by atoms with Crippen molar-refractivity contribution < 1.29 is 36.3 Å². The minimum absolute atomic E-state index is 0.0172. The van der Waals surface area contributed by atoms with Gasteiger partial charge in [0, 0.05) is 31.1 Å². The topological polar surface area (TPSA) is 138 Å². The maximum Gasteiger partial charge on any atom is 0.437 e. The smallest absolute Gasteiger partial charge is 0.437 e. The SMILES string of the molecule is CN1/C(=N/C(=O)OC(C)(C)C)N[C@@]2(c3cc(NC(=O)C4C=CC(F)=CN4)ccc3F)CCOCC2S1(=O)=O. The molecule has 2 unspecified atom stereocenters. The molecule has 3 N–H and O–H groups in total. The lowest BCUT2D eigenvalue weighted by Crippen LogP contribution is -2.70. The third-order valence-corrected chi connectivity index (χ3v) is 8.46. The minimum atomic E-state index is -4.19. The number of fused-ring (bicyclic) bond motifs is 1. The van der Waals surface area contributed by atoms with Crippen LogP contribution in [-0.2, 0) is 29.8 Å². The molecule has 3 atom stereocenters. The van der Waals surface area contributed by atoms with Crippen molar-refractivity contribution in [2.45, 2.75) is 49.6 Å². The summed E-state index contributed by atoms with van der Waals surface area (Å²) in [6.45, 7) is 4.75. The highest BCUT2D eigenvalue weighted by atomic mass is 32.2. The summed E-state index contributed by atoms with van der Waals surface area (Å²) in [7, 11) is -2.97. The fourth-order valence-corrected chi connectivity index (χ4v) is 6.22. The van der Waals surface area contributed by atoms with Gasteiger partial charge in [-0.15, -0.1) is 4.99 Å². The largest absolute Gasteiger partial charge is 0.442 e. The van der Waals surface area contributed by atoms with E-state index in [4.69, 9.17) is 9.47 Å². The number of halogens is 2. The van der Waals surface area contributed by atoms with Crippen LogP contribution in [0.2, 0.25) is 0 Å². The Morgan fingerprint density at radius 2 is 2.03 bits per heavy atom. The molecule has 11 nitrogen and oxygen atoms in total. The highest BCUT2D eigenvalue weighted by Crippen LogP contribution is 2.42. The Bertz CT molecular complexity index is 1340. The van der Waals surface area contributed by atoms with Crippen molar-refractivity contribution in [1.29, 1.82) is 0 Å². The Morgan fingerprint density at radius 3 is 2.68 bits per heavy atom. The molecule has 0 spiro atoms. The molecule has 4 rings (SSSR count). The average Bonchev–Trinajstić information content (AvgIpc) is 2.83. The highest BCUT2D eigenvalue weighted by molar-refractivity contribution is 7.90. The maximum absolute atomic E-state index is 15.4. The van der Waals surface area contributed by atoms with Crippen molar-refractivity contribution in [3.05, 3.63) is 53.8 Å². The summed E-state index contributed by atoms with van der Waals surface area (Å²) >= 11 is 0. The number of sulfonamides is 1. The maximum atomic E-state index is 15.4. The van der Waals surface area contributed by atoms with Gasteiger partial charge in [-0.05, 0) is 57.5 Å². The molecule has 0 aromatic heterocycles. The molecular formula is C24H29F2N5O6S. The monoisotopic (exact) mass is 553 g/mol. The molecule has 2 amide bonds. The van der Waals surface area contributed by atoms with Crippen molar-refractivity contribution in [3.63, 3.8) is 0 Å². The van der Waals surface area contributed by atoms with Gasteiger partial charge in [0.2, 0.25) is 16.0 Å². The standard InChI is InChI=1S/C24H29F2N5O6S/c1-23(2,3)37-22(33)29-21-30-24(9-10-36-13-19(24)38(34,35)31(21)4)16-11-15(6-7-17(16)26)28-20(32)18-8-5-14(25)12-27-18/h5-8,11-12,18-19,27H,9-10,13H2,1-4H3,(H,28,32)(H,29,30,33)/t18?,19?,24-/m1/s1. The molecule has 0 bridgehead atoms. The Hall–Kier alpha value is -3.52. The Morgan fingerprint density at radius 1 is 1.29 bits per heavy atom. The fourth-order valence-electron chi connectivity index (χ4n) is 4.43. The van der Waals surface area contributed by atoms with E-state index in [0.717, 1.165) is 22.6 Å². The van der Waals surface area contributed by atoms with Crippen LogP contribution in [0.3, 0.4) is 0 Å². The van der Waals surface area contributed by atoms with Gasteiger partial charge in [0.25, 0.3) is 5.91 Å². The van der Waals surface area contributed by atoms with Gasteiger partial charge in [-0.3, -0.25) is 4.79 Å². The summed E-state index contributed by atoms with van der Waals surface area (Å²) in [5.74, 6) is -2.16. The van der Waals surface area contributed by atoms with Gasteiger partial charge in [0.1, 0.15) is 28.5 Å². The molecule has 38 heavy (non-hydrogen) atoms. The summed E-state index contributed by atoms with van der Waals surface area (Å²) in [6.07, 6.45) is 2.50. The lowest BCUT2D eigenvalue weighted by atomic mass is 9.81. The molecule has 206 valence electrons. The number of ether oxygens (including phenoxy) is 2. The van der Waals surface area contributed by atoms with E-state index in [1.54, 1.807) is 20.8 Å². The number of hydrogen-bond acceptors (Lipinski definition) is 7. The van der Waals surface area contributed by atoms with Gasteiger partial charge in [-0.25, -0.2) is 26.3 Å². The van der Waals surface area contributed by atoms with Gasteiger partial charge in [0.05, 0.1) is 12.1 Å². The van der Waals surface area contributed by atoms with Crippen molar-refractivity contribution in [2.75, 3.05) is 25.6 Å². The molecule has 3 aliphatic heterocycles. The van der Waals surface area contributed by atoms with Gasteiger partial charge >= 0.3 is 6.09 Å². The second kappa shape index (κ2) is 9.98. The highest BCUT2D eigenvalue weighted by Gasteiger charge is 2.57. The van der Waals surface area contributed by atoms with Crippen LogP contribution in [0.5, 0.6) is 0 Å². The van der Waals surface area contributed by atoms with Gasteiger partial charge in [-0.2, -0.15) is 0 Å². The van der Waals surface area contributed by atoms with Crippen molar-refractivity contribution in [2.24, 2.45) is 4.99 Å². The third kappa shape index (κ3) is 5.36. The van der Waals surface area contributed by atoms with Crippen LogP contribution in [0, 0.1) is 5.82 Å². The molecule has 14 heteroatoms. The van der Waals surface area contributed by atoms with E-state index in [2.05, 4.69) is 20.9 Å². The predicted molar refractivity (Wildman–Crippen MR) is 135 cm³/mol. The number of benzene rings is 1. The summed E-state index contributed by atoms with van der Waals surface area (Å²) in [4.78, 5) is 29.0. The van der Waals surface area contributed by atoms with Crippen LogP contribution in [0.25, 0.3) is 0 Å². The third-order valence-electron chi connectivity index (χ3n) is 6.27. The quantitative estimate of drug-likeness (QED) is 0.518. The molecule has 2 fully saturated rings. The predicted octanol–water partition coefficient (Wildman–Crippen LogP) is 2.24. The summed E-state index contributed by atoms with van der Waals surface area (Å²) in [6, 6.07) is 2.89. The van der Waals surface area contributed by atoms with Crippen LogP contribution in [0.15, 0.2) is 47.4 Å². The zero-order chi connectivity index (χ0) is 27.9. The van der Waals surface area contributed by atoms with E-state index in [0.29, 0.717) is 0 Å². The molecule has 0 saturated carbocycles. The van der Waals surface area contributed by atoms with Crippen LogP contribution >= 0.6 is 0 Å². The molecule has 2 saturated heterocycles. The van der Waals surface area contributed by atoms with E-state index in [1.807, 2.05) is 0 Å². The van der Waals surface area contributed by atoms with E-state index >= 15 is 4.39 Å². The number of amides is 2.